The van der Waals surface area contributed by atoms with Gasteiger partial charge in [0.2, 0.25) is 0 Å². The van der Waals surface area contributed by atoms with Gasteiger partial charge in [-0.1, -0.05) is 37.3 Å². The molecule has 0 atom stereocenters. The molecule has 0 amide bonds. The monoisotopic (exact) mass is 151 g/mol. The van der Waals surface area contributed by atoms with Crippen LogP contribution in [0.5, 0.6) is 0 Å². The van der Waals surface area contributed by atoms with Gasteiger partial charge in [0, 0.05) is 5.75 Å². The smallest absolute Gasteiger partial charge is 0.0456 e. The Morgan fingerprint density at radius 3 is 2.60 bits per heavy atom. The third-order valence-corrected chi connectivity index (χ3v) is 1.96. The maximum atomic E-state index is 2.18. The molecule has 1 aromatic carbocycles. The summed E-state index contributed by atoms with van der Waals surface area (Å²) in [5, 5.41) is 0. The minimum absolute atomic E-state index is 1.15. The Kier molecular flexibility index (Phi) is 3.37. The fourth-order valence-corrected chi connectivity index (χ4v) is 1.23. The van der Waals surface area contributed by atoms with Crippen molar-refractivity contribution in [3.05, 3.63) is 41.6 Å². The van der Waals surface area contributed by atoms with Gasteiger partial charge in [-0.05, 0) is 11.3 Å². The molecule has 0 aliphatic heterocycles. The van der Waals surface area contributed by atoms with Crippen LogP contribution in [0, 0.1) is 5.75 Å². The zero-order valence-electron chi connectivity index (χ0n) is 6.08. The Morgan fingerprint density at radius 2 is 2.00 bits per heavy atom. The van der Waals surface area contributed by atoms with Crippen molar-refractivity contribution in [3.63, 3.8) is 0 Å². The minimum Gasteiger partial charge on any atom is -0.153 e. The molecule has 1 heteroatoms. The number of hydrogen-bond acceptors (Lipinski definition) is 1. The lowest BCUT2D eigenvalue weighted by Gasteiger charge is -1.95. The second-order valence-corrected chi connectivity index (χ2v) is 3.13. The Hall–Kier alpha value is -0.430. The summed E-state index contributed by atoms with van der Waals surface area (Å²) in [6.07, 6.45) is 0. The summed E-state index contributed by atoms with van der Waals surface area (Å²) in [5.74, 6) is 3.33. The number of hydrogen-bond donors (Lipinski definition) is 0. The first-order valence-electron chi connectivity index (χ1n) is 3.43. The first kappa shape index (κ1) is 7.67. The summed E-state index contributed by atoms with van der Waals surface area (Å²) in [7, 11) is 0. The van der Waals surface area contributed by atoms with Crippen LogP contribution in [0.3, 0.4) is 0 Å². The first-order chi connectivity index (χ1) is 4.93. The Morgan fingerprint density at radius 1 is 1.30 bits per heavy atom. The maximum absolute atomic E-state index is 2.18. The van der Waals surface area contributed by atoms with Crippen LogP contribution in [0.15, 0.2) is 30.3 Å². The van der Waals surface area contributed by atoms with Crippen LogP contribution in [0.25, 0.3) is 0 Å². The lowest BCUT2D eigenvalue weighted by Crippen LogP contribution is -1.75. The van der Waals surface area contributed by atoms with Gasteiger partial charge in [-0.3, -0.25) is 0 Å². The van der Waals surface area contributed by atoms with E-state index in [9.17, 15) is 0 Å². The molecule has 0 heterocycles. The first-order valence-corrected chi connectivity index (χ1v) is 4.48. The van der Waals surface area contributed by atoms with Crippen LogP contribution in [0.1, 0.15) is 12.5 Å². The van der Waals surface area contributed by atoms with Crippen LogP contribution in [0.2, 0.25) is 0 Å². The van der Waals surface area contributed by atoms with Crippen molar-refractivity contribution in [3.8, 4) is 0 Å². The molecule has 0 unspecified atom stereocenters. The molecule has 1 radical (unpaired) electrons. The molecule has 10 heavy (non-hydrogen) atoms. The van der Waals surface area contributed by atoms with Crippen LogP contribution in [0.4, 0.5) is 0 Å². The average molecular weight is 151 g/mol. The zero-order valence-corrected chi connectivity index (χ0v) is 6.90. The zero-order chi connectivity index (χ0) is 7.23. The summed E-state index contributed by atoms with van der Waals surface area (Å²) >= 11 is 1.84. The predicted octanol–water partition coefficient (Wildman–Crippen LogP) is 2.95. The van der Waals surface area contributed by atoms with Gasteiger partial charge in [-0.2, -0.15) is 11.8 Å². The van der Waals surface area contributed by atoms with E-state index >= 15 is 0 Å². The van der Waals surface area contributed by atoms with Crippen molar-refractivity contribution in [2.75, 3.05) is 5.75 Å². The lowest BCUT2D eigenvalue weighted by molar-refractivity contribution is 1.52. The minimum atomic E-state index is 1.15. The highest BCUT2D eigenvalue weighted by atomic mass is 32.2. The van der Waals surface area contributed by atoms with E-state index in [1.165, 1.54) is 5.56 Å². The largest absolute Gasteiger partial charge is 0.153 e. The van der Waals surface area contributed by atoms with Gasteiger partial charge < -0.3 is 0 Å². The van der Waals surface area contributed by atoms with E-state index in [1.54, 1.807) is 0 Å². The SMILES string of the molecule is CCS[CH]c1ccccc1. The average Bonchev–Trinajstić information content (AvgIpc) is 2.03. The van der Waals surface area contributed by atoms with Crippen molar-refractivity contribution in [1.29, 1.82) is 0 Å². The van der Waals surface area contributed by atoms with Gasteiger partial charge in [0.1, 0.15) is 0 Å². The summed E-state index contributed by atoms with van der Waals surface area (Å²) in [4.78, 5) is 0. The summed E-state index contributed by atoms with van der Waals surface area (Å²) in [6.45, 7) is 2.16. The van der Waals surface area contributed by atoms with E-state index in [2.05, 4.69) is 36.9 Å². The summed E-state index contributed by atoms with van der Waals surface area (Å²) in [5.41, 5.74) is 1.30. The van der Waals surface area contributed by atoms with Gasteiger partial charge in [-0.15, -0.1) is 0 Å². The van der Waals surface area contributed by atoms with Crippen molar-refractivity contribution in [1.82, 2.24) is 0 Å². The highest BCUT2D eigenvalue weighted by Gasteiger charge is 1.88. The molecule has 0 aliphatic carbocycles. The van der Waals surface area contributed by atoms with Crippen molar-refractivity contribution >= 4 is 11.8 Å². The maximum Gasteiger partial charge on any atom is 0.0456 e. The molecule has 53 valence electrons. The van der Waals surface area contributed by atoms with E-state index in [0.717, 1.165) is 5.75 Å². The van der Waals surface area contributed by atoms with Gasteiger partial charge in [0.25, 0.3) is 0 Å². The van der Waals surface area contributed by atoms with E-state index in [0.29, 0.717) is 0 Å². The Labute approximate surface area is 66.6 Å². The van der Waals surface area contributed by atoms with Crippen LogP contribution >= 0.6 is 11.8 Å². The molecule has 0 saturated heterocycles. The molecular formula is C9H11S. The second-order valence-electron chi connectivity index (χ2n) is 1.98. The molecule has 0 N–H and O–H groups in total. The molecular weight excluding hydrogens is 140 g/mol. The Balaban J connectivity index is 2.43. The number of thioether (sulfide) groups is 1. The molecule has 0 aliphatic rings. The van der Waals surface area contributed by atoms with Gasteiger partial charge in [-0.25, -0.2) is 0 Å². The topological polar surface area (TPSA) is 0 Å². The number of benzene rings is 1. The van der Waals surface area contributed by atoms with Crippen molar-refractivity contribution in [2.45, 2.75) is 6.92 Å². The van der Waals surface area contributed by atoms with E-state index in [4.69, 9.17) is 0 Å². The molecule has 0 saturated carbocycles. The van der Waals surface area contributed by atoms with Gasteiger partial charge in [0.15, 0.2) is 0 Å². The molecule has 1 rings (SSSR count). The molecule has 0 nitrogen and oxygen atoms in total. The van der Waals surface area contributed by atoms with Gasteiger partial charge >= 0.3 is 0 Å². The quantitative estimate of drug-likeness (QED) is 0.640. The summed E-state index contributed by atoms with van der Waals surface area (Å²) < 4.78 is 0. The number of rotatable bonds is 3. The van der Waals surface area contributed by atoms with E-state index in [-0.39, 0.29) is 0 Å². The van der Waals surface area contributed by atoms with Crippen LogP contribution in [-0.4, -0.2) is 5.75 Å². The predicted molar refractivity (Wildman–Crippen MR) is 48.0 cm³/mol. The van der Waals surface area contributed by atoms with Crippen LogP contribution < -0.4 is 0 Å². The fourth-order valence-electron chi connectivity index (χ4n) is 0.711. The van der Waals surface area contributed by atoms with Crippen molar-refractivity contribution < 1.29 is 0 Å². The third-order valence-electron chi connectivity index (χ3n) is 1.19. The van der Waals surface area contributed by atoms with Crippen LogP contribution in [-0.2, 0) is 0 Å². The molecule has 0 fully saturated rings. The standard InChI is InChI=1S/C9H11S/c1-2-10-8-9-6-4-3-5-7-9/h3-8H,2H2,1H3. The lowest BCUT2D eigenvalue weighted by atomic mass is 10.2. The van der Waals surface area contributed by atoms with E-state index in [1.807, 2.05) is 17.8 Å². The summed E-state index contributed by atoms with van der Waals surface area (Å²) in [6, 6.07) is 10.4. The highest BCUT2D eigenvalue weighted by molar-refractivity contribution is 8.01. The van der Waals surface area contributed by atoms with E-state index < -0.39 is 0 Å². The fraction of sp³-hybridized carbons (Fsp3) is 0.222. The second kappa shape index (κ2) is 4.40. The molecule has 0 bridgehead atoms. The molecule has 1 aromatic rings. The Bertz CT molecular complexity index is 169. The van der Waals surface area contributed by atoms with Crippen molar-refractivity contribution in [2.24, 2.45) is 0 Å². The molecule has 0 spiro atoms. The molecule has 0 aromatic heterocycles. The normalized spacial score (nSPS) is 9.70. The van der Waals surface area contributed by atoms with Gasteiger partial charge in [0.05, 0.1) is 0 Å². The highest BCUT2D eigenvalue weighted by Crippen LogP contribution is 2.12. The third kappa shape index (κ3) is 2.44.